The molecule has 0 aliphatic rings. The van der Waals surface area contributed by atoms with Crippen molar-refractivity contribution in [2.45, 2.75) is 6.92 Å². The molecule has 0 saturated carbocycles. The van der Waals surface area contributed by atoms with E-state index >= 15 is 0 Å². The lowest BCUT2D eigenvalue weighted by Gasteiger charge is -1.94. The van der Waals surface area contributed by atoms with Gasteiger partial charge in [0.1, 0.15) is 5.52 Å². The van der Waals surface area contributed by atoms with E-state index in [0.717, 1.165) is 16.6 Å². The van der Waals surface area contributed by atoms with Crippen molar-refractivity contribution in [1.29, 1.82) is 0 Å². The number of nitrogens with zero attached hydrogens (tertiary/aromatic N) is 2. The number of hydrogen-bond donors (Lipinski definition) is 0. The van der Waals surface area contributed by atoms with E-state index in [4.69, 9.17) is 16.0 Å². The van der Waals surface area contributed by atoms with Gasteiger partial charge in [-0.15, -0.1) is 0 Å². The van der Waals surface area contributed by atoms with Crippen LogP contribution in [0.4, 0.5) is 0 Å². The van der Waals surface area contributed by atoms with E-state index in [9.17, 15) is 0 Å². The van der Waals surface area contributed by atoms with E-state index in [0.29, 0.717) is 16.6 Å². The smallest absolute Gasteiger partial charge is 0.247 e. The summed E-state index contributed by atoms with van der Waals surface area (Å²) in [6.07, 6.45) is 1.71. The van der Waals surface area contributed by atoms with E-state index in [-0.39, 0.29) is 0 Å². The van der Waals surface area contributed by atoms with Gasteiger partial charge < -0.3 is 4.42 Å². The minimum Gasteiger partial charge on any atom is -0.418 e. The van der Waals surface area contributed by atoms with E-state index in [1.807, 2.05) is 37.3 Å². The molecule has 0 atom stereocenters. The van der Waals surface area contributed by atoms with Crippen molar-refractivity contribution in [1.82, 2.24) is 9.97 Å². The predicted molar refractivity (Wildman–Crippen MR) is 67.0 cm³/mol. The van der Waals surface area contributed by atoms with Crippen molar-refractivity contribution in [2.75, 3.05) is 0 Å². The number of aryl methyl sites for hydroxylation is 1. The zero-order valence-electron chi connectivity index (χ0n) is 9.14. The van der Waals surface area contributed by atoms with Gasteiger partial charge in [0, 0.05) is 16.8 Å². The maximum Gasteiger partial charge on any atom is 0.247 e. The highest BCUT2D eigenvalue weighted by atomic mass is 35.5. The third kappa shape index (κ3) is 1.78. The first kappa shape index (κ1) is 10.3. The van der Waals surface area contributed by atoms with Crippen LogP contribution in [0.15, 0.2) is 40.9 Å². The van der Waals surface area contributed by atoms with Crippen molar-refractivity contribution in [3.63, 3.8) is 0 Å². The van der Waals surface area contributed by atoms with Gasteiger partial charge in [0.25, 0.3) is 0 Å². The first-order chi connectivity index (χ1) is 8.24. The summed E-state index contributed by atoms with van der Waals surface area (Å²) in [6.45, 7) is 1.98. The molecule has 0 spiro atoms. The lowest BCUT2D eigenvalue weighted by atomic mass is 10.2. The van der Waals surface area contributed by atoms with Crippen molar-refractivity contribution >= 4 is 22.8 Å². The molecule has 0 aliphatic carbocycles. The highest BCUT2D eigenvalue weighted by Gasteiger charge is 2.10. The molecule has 2 heterocycles. The number of fused-ring (bicyclic) bond motifs is 1. The zero-order valence-corrected chi connectivity index (χ0v) is 9.90. The number of halogens is 1. The van der Waals surface area contributed by atoms with Gasteiger partial charge in [-0.25, -0.2) is 9.97 Å². The molecule has 84 valence electrons. The summed E-state index contributed by atoms with van der Waals surface area (Å²) < 4.78 is 5.61. The Morgan fingerprint density at radius 3 is 2.88 bits per heavy atom. The number of hydrogen-bond acceptors (Lipinski definition) is 3. The number of pyridine rings is 1. The van der Waals surface area contributed by atoms with Crippen LogP contribution in [0.2, 0.25) is 5.02 Å². The normalized spacial score (nSPS) is 10.9. The fraction of sp³-hybridized carbons (Fsp3) is 0.0769. The second-order valence-electron chi connectivity index (χ2n) is 3.81. The van der Waals surface area contributed by atoms with Crippen molar-refractivity contribution in [2.24, 2.45) is 0 Å². The van der Waals surface area contributed by atoms with Crippen LogP contribution in [0.25, 0.3) is 22.7 Å². The molecule has 0 amide bonds. The number of rotatable bonds is 1. The second kappa shape index (κ2) is 3.86. The molecule has 3 aromatic rings. The molecular weight excluding hydrogens is 236 g/mol. The Morgan fingerprint density at radius 2 is 2.12 bits per heavy atom. The summed E-state index contributed by atoms with van der Waals surface area (Å²) in [6, 6.07) is 9.32. The maximum absolute atomic E-state index is 5.94. The lowest BCUT2D eigenvalue weighted by molar-refractivity contribution is 0.608. The zero-order chi connectivity index (χ0) is 11.8. The fourth-order valence-corrected chi connectivity index (χ4v) is 1.89. The Hall–Kier alpha value is -1.87. The van der Waals surface area contributed by atoms with Gasteiger partial charge in [-0.05, 0) is 36.8 Å². The Bertz CT molecular complexity index is 691. The van der Waals surface area contributed by atoms with Gasteiger partial charge in [-0.2, -0.15) is 0 Å². The summed E-state index contributed by atoms with van der Waals surface area (Å²) in [4.78, 5) is 8.58. The molecule has 1 aromatic carbocycles. The van der Waals surface area contributed by atoms with Crippen LogP contribution in [0.5, 0.6) is 0 Å². The molecule has 3 nitrogen and oxygen atoms in total. The summed E-state index contributed by atoms with van der Waals surface area (Å²) in [5, 5.41) is 0.662. The highest BCUT2D eigenvalue weighted by Crippen LogP contribution is 2.26. The minimum atomic E-state index is 0.546. The van der Waals surface area contributed by atoms with Crippen molar-refractivity contribution in [3.8, 4) is 11.5 Å². The summed E-state index contributed by atoms with van der Waals surface area (Å²) in [7, 11) is 0. The van der Waals surface area contributed by atoms with E-state index in [1.54, 1.807) is 6.20 Å². The fourth-order valence-electron chi connectivity index (χ4n) is 1.70. The Kier molecular flexibility index (Phi) is 2.34. The third-order valence-corrected chi connectivity index (χ3v) is 2.81. The molecule has 0 fully saturated rings. The van der Waals surface area contributed by atoms with Gasteiger partial charge in [0.15, 0.2) is 0 Å². The average molecular weight is 245 g/mol. The predicted octanol–water partition coefficient (Wildman–Crippen LogP) is 3.85. The number of aromatic nitrogens is 2. The molecule has 4 heteroatoms. The molecule has 0 saturated heterocycles. The van der Waals surface area contributed by atoms with Crippen LogP contribution in [0.3, 0.4) is 0 Å². The van der Waals surface area contributed by atoms with Gasteiger partial charge in [0.2, 0.25) is 11.6 Å². The highest BCUT2D eigenvalue weighted by molar-refractivity contribution is 6.30. The summed E-state index contributed by atoms with van der Waals surface area (Å²) in [5.41, 5.74) is 3.25. The second-order valence-corrected chi connectivity index (χ2v) is 4.25. The van der Waals surface area contributed by atoms with Crippen LogP contribution in [-0.4, -0.2) is 9.97 Å². The van der Waals surface area contributed by atoms with Crippen molar-refractivity contribution in [3.05, 3.63) is 47.1 Å². The van der Waals surface area contributed by atoms with Gasteiger partial charge >= 0.3 is 0 Å². The molecular formula is C13H9ClN2O. The maximum atomic E-state index is 5.94. The minimum absolute atomic E-state index is 0.546. The first-order valence-corrected chi connectivity index (χ1v) is 5.60. The first-order valence-electron chi connectivity index (χ1n) is 5.22. The van der Waals surface area contributed by atoms with Gasteiger partial charge in [0.05, 0.1) is 0 Å². The van der Waals surface area contributed by atoms with E-state index < -0.39 is 0 Å². The molecule has 3 rings (SSSR count). The van der Waals surface area contributed by atoms with Gasteiger partial charge in [-0.3, -0.25) is 0 Å². The third-order valence-electron chi connectivity index (χ3n) is 2.57. The van der Waals surface area contributed by atoms with Crippen LogP contribution in [0, 0.1) is 6.92 Å². The lowest BCUT2D eigenvalue weighted by Crippen LogP contribution is -1.79. The monoisotopic (exact) mass is 244 g/mol. The molecule has 0 N–H and O–H groups in total. The van der Waals surface area contributed by atoms with Crippen LogP contribution >= 0.6 is 11.6 Å². The largest absolute Gasteiger partial charge is 0.418 e. The van der Waals surface area contributed by atoms with E-state index in [2.05, 4.69) is 9.97 Å². The Balaban J connectivity index is 2.22. The topological polar surface area (TPSA) is 38.9 Å². The molecule has 0 aliphatic heterocycles. The van der Waals surface area contributed by atoms with Crippen molar-refractivity contribution < 1.29 is 4.42 Å². The molecule has 0 bridgehead atoms. The molecule has 2 aromatic heterocycles. The standard InChI is InChI=1S/C13H9ClN2O/c1-8-5-6-15-13-11(8)16-12(17-13)9-3-2-4-10(14)7-9/h2-7H,1H3. The Morgan fingerprint density at radius 1 is 1.24 bits per heavy atom. The van der Waals surface area contributed by atoms with Crippen LogP contribution in [-0.2, 0) is 0 Å². The van der Waals surface area contributed by atoms with E-state index in [1.165, 1.54) is 0 Å². The average Bonchev–Trinajstić information content (AvgIpc) is 2.74. The summed E-state index contributed by atoms with van der Waals surface area (Å²) in [5.74, 6) is 0.546. The quantitative estimate of drug-likeness (QED) is 0.653. The number of oxazole rings is 1. The SMILES string of the molecule is Cc1ccnc2oc(-c3cccc(Cl)c3)nc12. The molecule has 0 unspecified atom stereocenters. The van der Waals surface area contributed by atoms with Gasteiger partial charge in [-0.1, -0.05) is 17.7 Å². The Labute approximate surface area is 103 Å². The molecule has 17 heavy (non-hydrogen) atoms. The molecule has 0 radical (unpaired) electrons. The summed E-state index contributed by atoms with van der Waals surface area (Å²) >= 11 is 5.94. The van der Waals surface area contributed by atoms with Crippen LogP contribution < -0.4 is 0 Å². The van der Waals surface area contributed by atoms with Crippen LogP contribution in [0.1, 0.15) is 5.56 Å². The number of benzene rings is 1.